The second kappa shape index (κ2) is 5.27. The Kier molecular flexibility index (Phi) is 3.72. The SMILES string of the molecule is CC(C)(C)NCc1cncn1Cc1cccnn1. The normalized spacial score (nSPS) is 11.7. The van der Waals surface area contributed by atoms with E-state index in [2.05, 4.69) is 45.8 Å². The van der Waals surface area contributed by atoms with Crippen LogP contribution in [0, 0.1) is 0 Å². The Labute approximate surface area is 107 Å². The zero-order valence-electron chi connectivity index (χ0n) is 11.1. The van der Waals surface area contributed by atoms with Gasteiger partial charge in [0.1, 0.15) is 0 Å². The van der Waals surface area contributed by atoms with Crippen molar-refractivity contribution in [2.24, 2.45) is 0 Å². The lowest BCUT2D eigenvalue weighted by Crippen LogP contribution is -2.35. The van der Waals surface area contributed by atoms with Gasteiger partial charge in [-0.3, -0.25) is 0 Å². The van der Waals surface area contributed by atoms with Crippen molar-refractivity contribution in [3.8, 4) is 0 Å². The predicted octanol–water partition coefficient (Wildman–Crippen LogP) is 1.61. The molecule has 2 heterocycles. The van der Waals surface area contributed by atoms with Crippen LogP contribution in [0.15, 0.2) is 30.9 Å². The highest BCUT2D eigenvalue weighted by Gasteiger charge is 2.10. The first-order valence-corrected chi connectivity index (χ1v) is 6.05. The van der Waals surface area contributed by atoms with Gasteiger partial charge in [0.2, 0.25) is 0 Å². The third kappa shape index (κ3) is 3.63. The first kappa shape index (κ1) is 12.7. The molecule has 0 spiro atoms. The largest absolute Gasteiger partial charge is 0.327 e. The van der Waals surface area contributed by atoms with Crippen LogP contribution in [0.3, 0.4) is 0 Å². The average molecular weight is 245 g/mol. The molecule has 5 heteroatoms. The Morgan fingerprint density at radius 2 is 2.17 bits per heavy atom. The number of hydrogen-bond donors (Lipinski definition) is 1. The van der Waals surface area contributed by atoms with E-state index in [1.165, 1.54) is 0 Å². The molecule has 2 aromatic heterocycles. The van der Waals surface area contributed by atoms with E-state index in [1.807, 2.05) is 24.7 Å². The van der Waals surface area contributed by atoms with E-state index < -0.39 is 0 Å². The topological polar surface area (TPSA) is 55.6 Å². The first-order valence-electron chi connectivity index (χ1n) is 6.05. The lowest BCUT2D eigenvalue weighted by molar-refractivity contribution is 0.416. The Morgan fingerprint density at radius 1 is 1.33 bits per heavy atom. The summed E-state index contributed by atoms with van der Waals surface area (Å²) in [5, 5.41) is 11.4. The molecule has 0 fully saturated rings. The van der Waals surface area contributed by atoms with Gasteiger partial charge in [0.15, 0.2) is 0 Å². The van der Waals surface area contributed by atoms with E-state index in [4.69, 9.17) is 0 Å². The molecular formula is C13H19N5. The van der Waals surface area contributed by atoms with Crippen LogP contribution in [0.1, 0.15) is 32.2 Å². The smallest absolute Gasteiger partial charge is 0.0952 e. The maximum Gasteiger partial charge on any atom is 0.0952 e. The van der Waals surface area contributed by atoms with Gasteiger partial charge in [-0.2, -0.15) is 10.2 Å². The van der Waals surface area contributed by atoms with Crippen molar-refractivity contribution in [1.29, 1.82) is 0 Å². The van der Waals surface area contributed by atoms with Crippen LogP contribution in [0.25, 0.3) is 0 Å². The van der Waals surface area contributed by atoms with Crippen LogP contribution in [-0.2, 0) is 13.1 Å². The molecule has 2 aromatic rings. The monoisotopic (exact) mass is 245 g/mol. The zero-order valence-corrected chi connectivity index (χ0v) is 11.1. The van der Waals surface area contributed by atoms with E-state index >= 15 is 0 Å². The van der Waals surface area contributed by atoms with Crippen molar-refractivity contribution < 1.29 is 0 Å². The van der Waals surface area contributed by atoms with Gasteiger partial charge in [-0.1, -0.05) is 0 Å². The summed E-state index contributed by atoms with van der Waals surface area (Å²) >= 11 is 0. The molecule has 1 N–H and O–H groups in total. The van der Waals surface area contributed by atoms with Crippen LogP contribution < -0.4 is 5.32 Å². The van der Waals surface area contributed by atoms with Crippen LogP contribution in [0.4, 0.5) is 0 Å². The number of nitrogens with one attached hydrogen (secondary N) is 1. The summed E-state index contributed by atoms with van der Waals surface area (Å²) in [6.07, 6.45) is 5.39. The quantitative estimate of drug-likeness (QED) is 0.889. The maximum atomic E-state index is 4.19. The minimum absolute atomic E-state index is 0.0989. The molecule has 0 aliphatic carbocycles. The molecule has 0 aromatic carbocycles. The van der Waals surface area contributed by atoms with Crippen molar-refractivity contribution in [3.63, 3.8) is 0 Å². The van der Waals surface area contributed by atoms with Gasteiger partial charge < -0.3 is 9.88 Å². The van der Waals surface area contributed by atoms with E-state index in [-0.39, 0.29) is 5.54 Å². The molecule has 0 atom stereocenters. The summed E-state index contributed by atoms with van der Waals surface area (Å²) in [6, 6.07) is 3.86. The molecule has 0 saturated carbocycles. The molecule has 0 aliphatic rings. The number of nitrogens with zero attached hydrogens (tertiary/aromatic N) is 4. The standard InChI is InChI=1S/C13H19N5/c1-13(2,3)15-8-12-7-14-10-18(12)9-11-5-4-6-16-17-11/h4-7,10,15H,8-9H2,1-3H3. The van der Waals surface area contributed by atoms with Gasteiger partial charge in [-0.25, -0.2) is 4.98 Å². The van der Waals surface area contributed by atoms with Gasteiger partial charge in [-0.15, -0.1) is 0 Å². The molecule has 5 nitrogen and oxygen atoms in total. The van der Waals surface area contributed by atoms with Crippen LogP contribution in [-0.4, -0.2) is 25.3 Å². The molecule has 0 amide bonds. The number of rotatable bonds is 4. The van der Waals surface area contributed by atoms with Crippen molar-refractivity contribution >= 4 is 0 Å². The lowest BCUT2D eigenvalue weighted by Gasteiger charge is -2.20. The highest BCUT2D eigenvalue weighted by Crippen LogP contribution is 2.06. The number of aromatic nitrogens is 4. The lowest BCUT2D eigenvalue weighted by atomic mass is 10.1. The van der Waals surface area contributed by atoms with Crippen LogP contribution in [0.5, 0.6) is 0 Å². The molecule has 0 aliphatic heterocycles. The summed E-state index contributed by atoms with van der Waals surface area (Å²) in [6.45, 7) is 7.95. The molecule has 0 radical (unpaired) electrons. The molecular weight excluding hydrogens is 226 g/mol. The molecule has 2 rings (SSSR count). The summed E-state index contributed by atoms with van der Waals surface area (Å²) in [5.74, 6) is 0. The molecule has 18 heavy (non-hydrogen) atoms. The van der Waals surface area contributed by atoms with Gasteiger partial charge in [-0.05, 0) is 32.9 Å². The molecule has 96 valence electrons. The van der Waals surface area contributed by atoms with Crippen molar-refractivity contribution in [1.82, 2.24) is 25.1 Å². The highest BCUT2D eigenvalue weighted by molar-refractivity contribution is 5.05. The molecule has 0 saturated heterocycles. The second-order valence-electron chi connectivity index (χ2n) is 5.33. The zero-order chi connectivity index (χ0) is 13.0. The number of imidazole rings is 1. The van der Waals surface area contributed by atoms with Crippen molar-refractivity contribution in [2.45, 2.75) is 39.4 Å². The fourth-order valence-corrected chi connectivity index (χ4v) is 1.59. The van der Waals surface area contributed by atoms with E-state index in [0.29, 0.717) is 6.54 Å². The first-order chi connectivity index (χ1) is 8.54. The third-order valence-corrected chi connectivity index (χ3v) is 2.56. The number of hydrogen-bond acceptors (Lipinski definition) is 4. The minimum atomic E-state index is 0.0989. The van der Waals surface area contributed by atoms with Gasteiger partial charge in [0, 0.05) is 24.5 Å². The maximum absolute atomic E-state index is 4.19. The van der Waals surface area contributed by atoms with Gasteiger partial charge >= 0.3 is 0 Å². The van der Waals surface area contributed by atoms with E-state index in [1.54, 1.807) is 6.20 Å². The molecule has 0 unspecified atom stereocenters. The van der Waals surface area contributed by atoms with E-state index in [0.717, 1.165) is 17.9 Å². The summed E-state index contributed by atoms with van der Waals surface area (Å²) in [7, 11) is 0. The fraction of sp³-hybridized carbons (Fsp3) is 0.462. The summed E-state index contributed by atoms with van der Waals surface area (Å²) in [5.41, 5.74) is 2.19. The summed E-state index contributed by atoms with van der Waals surface area (Å²) in [4.78, 5) is 4.19. The Morgan fingerprint density at radius 3 is 2.83 bits per heavy atom. The Hall–Kier alpha value is -1.75. The van der Waals surface area contributed by atoms with Gasteiger partial charge in [0.25, 0.3) is 0 Å². The fourth-order valence-electron chi connectivity index (χ4n) is 1.59. The second-order valence-corrected chi connectivity index (χ2v) is 5.33. The predicted molar refractivity (Wildman–Crippen MR) is 70.0 cm³/mol. The van der Waals surface area contributed by atoms with Crippen LogP contribution >= 0.6 is 0 Å². The highest BCUT2D eigenvalue weighted by atomic mass is 15.1. The van der Waals surface area contributed by atoms with E-state index in [9.17, 15) is 0 Å². The van der Waals surface area contributed by atoms with Gasteiger partial charge in [0.05, 0.1) is 24.3 Å². The Balaban J connectivity index is 2.04. The third-order valence-electron chi connectivity index (χ3n) is 2.56. The van der Waals surface area contributed by atoms with Crippen LogP contribution in [0.2, 0.25) is 0 Å². The summed E-state index contributed by atoms with van der Waals surface area (Å²) < 4.78 is 2.09. The molecule has 0 bridgehead atoms. The van der Waals surface area contributed by atoms with Crippen molar-refractivity contribution in [3.05, 3.63) is 42.2 Å². The Bertz CT molecular complexity index is 484. The minimum Gasteiger partial charge on any atom is -0.327 e. The average Bonchev–Trinajstić information content (AvgIpc) is 2.74. The van der Waals surface area contributed by atoms with Crippen molar-refractivity contribution in [2.75, 3.05) is 0 Å².